The van der Waals surface area contributed by atoms with Crippen LogP contribution in [0.2, 0.25) is 10.0 Å². The molecular formula is C20H16Cl2O2. The second kappa shape index (κ2) is 6.76. The molecule has 0 aliphatic heterocycles. The normalized spacial score (nSPS) is 10.7. The highest BCUT2D eigenvalue weighted by Gasteiger charge is 2.16. The molecule has 0 aliphatic carbocycles. The van der Waals surface area contributed by atoms with E-state index in [1.165, 1.54) is 0 Å². The van der Waals surface area contributed by atoms with Crippen LogP contribution in [0.3, 0.4) is 0 Å². The first-order chi connectivity index (χ1) is 11.6. The van der Waals surface area contributed by atoms with Gasteiger partial charge in [-0.25, -0.2) is 0 Å². The number of fused-ring (bicyclic) bond motifs is 1. The number of benzene rings is 3. The molecule has 0 N–H and O–H groups in total. The molecule has 4 heteroatoms. The Morgan fingerprint density at radius 2 is 1.67 bits per heavy atom. The van der Waals surface area contributed by atoms with Crippen molar-refractivity contribution >= 4 is 39.7 Å². The summed E-state index contributed by atoms with van der Waals surface area (Å²) in [5.41, 5.74) is 2.66. The maximum Gasteiger partial charge on any atom is 0.126 e. The summed E-state index contributed by atoms with van der Waals surface area (Å²) in [5.74, 6) is 1.33. The van der Waals surface area contributed by atoms with Gasteiger partial charge in [0, 0.05) is 27.1 Å². The minimum atomic E-state index is 0.567. The van der Waals surface area contributed by atoms with Crippen LogP contribution in [0.25, 0.3) is 27.7 Å². The molecule has 2 nitrogen and oxygen atoms in total. The van der Waals surface area contributed by atoms with E-state index in [0.29, 0.717) is 15.8 Å². The third kappa shape index (κ3) is 2.83. The number of para-hydroxylation sites is 1. The van der Waals surface area contributed by atoms with E-state index >= 15 is 0 Å². The van der Waals surface area contributed by atoms with Crippen LogP contribution >= 0.6 is 23.2 Å². The fraction of sp³-hybridized carbons (Fsp3) is 0.100. The van der Waals surface area contributed by atoms with Crippen molar-refractivity contribution in [2.75, 3.05) is 14.2 Å². The number of halogens is 2. The zero-order valence-electron chi connectivity index (χ0n) is 13.4. The molecule has 0 aromatic heterocycles. The number of hydrogen-bond donors (Lipinski definition) is 0. The van der Waals surface area contributed by atoms with Crippen LogP contribution in [-0.2, 0) is 4.74 Å². The molecule has 0 amide bonds. The van der Waals surface area contributed by atoms with Crippen LogP contribution in [0.15, 0.2) is 55.1 Å². The minimum absolute atomic E-state index is 0.567. The van der Waals surface area contributed by atoms with Crippen LogP contribution in [0.1, 0.15) is 5.56 Å². The zero-order valence-corrected chi connectivity index (χ0v) is 14.9. The molecule has 122 valence electrons. The molecule has 0 unspecified atom stereocenters. The van der Waals surface area contributed by atoms with Crippen molar-refractivity contribution in [1.82, 2.24) is 0 Å². The molecule has 3 rings (SSSR count). The first-order valence-electron chi connectivity index (χ1n) is 7.35. The molecule has 3 aromatic carbocycles. The van der Waals surface area contributed by atoms with Crippen molar-refractivity contribution in [2.24, 2.45) is 0 Å². The van der Waals surface area contributed by atoms with Gasteiger partial charge in [0.25, 0.3) is 0 Å². The molecular weight excluding hydrogens is 343 g/mol. The Morgan fingerprint density at radius 1 is 0.917 bits per heavy atom. The van der Waals surface area contributed by atoms with Crippen molar-refractivity contribution in [3.05, 3.63) is 70.7 Å². The van der Waals surface area contributed by atoms with E-state index in [1.54, 1.807) is 20.3 Å². The second-order valence-electron chi connectivity index (χ2n) is 5.30. The number of methoxy groups -OCH3 is 2. The summed E-state index contributed by atoms with van der Waals surface area (Å²) in [6, 6.07) is 15.4. The summed E-state index contributed by atoms with van der Waals surface area (Å²) in [5, 5.41) is 3.00. The Kier molecular flexibility index (Phi) is 4.70. The van der Waals surface area contributed by atoms with E-state index < -0.39 is 0 Å². The maximum absolute atomic E-state index is 6.54. The monoisotopic (exact) mass is 358 g/mol. The second-order valence-corrected chi connectivity index (χ2v) is 6.12. The highest BCUT2D eigenvalue weighted by molar-refractivity contribution is 6.41. The predicted molar refractivity (Wildman–Crippen MR) is 102 cm³/mol. The number of rotatable bonds is 4. The third-order valence-electron chi connectivity index (χ3n) is 3.98. The van der Waals surface area contributed by atoms with Gasteiger partial charge in [0.15, 0.2) is 0 Å². The number of hydrogen-bond acceptors (Lipinski definition) is 2. The molecule has 0 spiro atoms. The Hall–Kier alpha value is -2.16. The van der Waals surface area contributed by atoms with E-state index in [9.17, 15) is 0 Å². The summed E-state index contributed by atoms with van der Waals surface area (Å²) in [6.07, 6.45) is 0. The van der Waals surface area contributed by atoms with Gasteiger partial charge in [0.2, 0.25) is 0 Å². The zero-order chi connectivity index (χ0) is 17.3. The van der Waals surface area contributed by atoms with Crippen molar-refractivity contribution in [3.63, 3.8) is 0 Å². The van der Waals surface area contributed by atoms with Crippen LogP contribution < -0.4 is 4.74 Å². The van der Waals surface area contributed by atoms with E-state index in [-0.39, 0.29) is 0 Å². The molecule has 3 aromatic rings. The summed E-state index contributed by atoms with van der Waals surface area (Å²) in [7, 11) is 3.24. The maximum atomic E-state index is 6.54. The van der Waals surface area contributed by atoms with Crippen molar-refractivity contribution < 1.29 is 9.47 Å². The molecule has 24 heavy (non-hydrogen) atoms. The molecule has 0 bridgehead atoms. The fourth-order valence-electron chi connectivity index (χ4n) is 2.77. The van der Waals surface area contributed by atoms with Crippen LogP contribution in [0.5, 0.6) is 5.75 Å². The van der Waals surface area contributed by atoms with Gasteiger partial charge < -0.3 is 9.47 Å². The molecule has 0 aliphatic rings. The summed E-state index contributed by atoms with van der Waals surface area (Å²) in [4.78, 5) is 0. The minimum Gasteiger partial charge on any atom is -0.497 e. The van der Waals surface area contributed by atoms with Gasteiger partial charge in [-0.15, -0.1) is 0 Å². The van der Waals surface area contributed by atoms with Gasteiger partial charge in [-0.1, -0.05) is 60.1 Å². The lowest BCUT2D eigenvalue weighted by atomic mass is 9.95. The first-order valence-corrected chi connectivity index (χ1v) is 8.10. The molecule has 0 saturated heterocycles. The first kappa shape index (κ1) is 16.7. The lowest BCUT2D eigenvalue weighted by Crippen LogP contribution is -1.92. The van der Waals surface area contributed by atoms with Crippen molar-refractivity contribution in [2.45, 2.75) is 0 Å². The number of ether oxygens (including phenoxy) is 2. The fourth-order valence-corrected chi connectivity index (χ4v) is 3.41. The van der Waals surface area contributed by atoms with Gasteiger partial charge in [-0.05, 0) is 23.6 Å². The molecule has 0 atom stereocenters. The SMILES string of the molecule is C=C(OC)c1ccc2c(Cl)cc(Cl)c(-c3ccccc3OC)c2c1. The standard InChI is InChI=1S/C20H16Cl2O2/c1-12(23-2)13-8-9-14-16(10-13)20(18(22)11-17(14)21)15-6-4-5-7-19(15)24-3/h4-11H,1H2,2-3H3. The quantitative estimate of drug-likeness (QED) is 0.499. The van der Waals surface area contributed by atoms with Crippen LogP contribution in [0, 0.1) is 0 Å². The predicted octanol–water partition coefficient (Wildman–Crippen LogP) is 6.44. The lowest BCUT2D eigenvalue weighted by molar-refractivity contribution is 0.371. The topological polar surface area (TPSA) is 18.5 Å². The summed E-state index contributed by atoms with van der Waals surface area (Å²) >= 11 is 12.9. The van der Waals surface area contributed by atoms with E-state index in [0.717, 1.165) is 33.2 Å². The van der Waals surface area contributed by atoms with Crippen LogP contribution in [-0.4, -0.2) is 14.2 Å². The lowest BCUT2D eigenvalue weighted by Gasteiger charge is -2.15. The third-order valence-corrected chi connectivity index (χ3v) is 4.59. The van der Waals surface area contributed by atoms with Gasteiger partial charge in [-0.3, -0.25) is 0 Å². The smallest absolute Gasteiger partial charge is 0.126 e. The van der Waals surface area contributed by atoms with Gasteiger partial charge in [0.1, 0.15) is 11.5 Å². The Morgan fingerprint density at radius 3 is 2.38 bits per heavy atom. The summed E-state index contributed by atoms with van der Waals surface area (Å²) < 4.78 is 10.7. The molecule has 0 fully saturated rings. The van der Waals surface area contributed by atoms with E-state index in [1.807, 2.05) is 42.5 Å². The summed E-state index contributed by atoms with van der Waals surface area (Å²) in [6.45, 7) is 3.92. The van der Waals surface area contributed by atoms with E-state index in [2.05, 4.69) is 6.58 Å². The molecule has 0 radical (unpaired) electrons. The largest absolute Gasteiger partial charge is 0.497 e. The van der Waals surface area contributed by atoms with Crippen LogP contribution in [0.4, 0.5) is 0 Å². The Balaban J connectivity index is 2.39. The van der Waals surface area contributed by atoms with Crippen molar-refractivity contribution in [3.8, 4) is 16.9 Å². The highest BCUT2D eigenvalue weighted by atomic mass is 35.5. The van der Waals surface area contributed by atoms with Crippen molar-refractivity contribution in [1.29, 1.82) is 0 Å². The van der Waals surface area contributed by atoms with Gasteiger partial charge >= 0.3 is 0 Å². The molecule has 0 saturated carbocycles. The Bertz CT molecular complexity index is 932. The Labute approximate surface area is 151 Å². The highest BCUT2D eigenvalue weighted by Crippen LogP contribution is 2.43. The van der Waals surface area contributed by atoms with E-state index in [4.69, 9.17) is 32.7 Å². The van der Waals surface area contributed by atoms with Gasteiger partial charge in [-0.2, -0.15) is 0 Å². The molecule has 0 heterocycles. The average molecular weight is 359 g/mol. The van der Waals surface area contributed by atoms with Gasteiger partial charge in [0.05, 0.1) is 19.2 Å². The average Bonchev–Trinajstić information content (AvgIpc) is 2.61.